The van der Waals surface area contributed by atoms with Crippen molar-refractivity contribution in [1.29, 1.82) is 0 Å². The van der Waals surface area contributed by atoms with Gasteiger partial charge in [0.05, 0.1) is 4.88 Å². The third-order valence-corrected chi connectivity index (χ3v) is 4.92. The fourth-order valence-corrected chi connectivity index (χ4v) is 3.56. The molecule has 1 aromatic heterocycles. The number of amides is 1. The average molecular weight is 386 g/mol. The second-order valence-electron chi connectivity index (χ2n) is 5.89. The normalized spacial score (nSPS) is 10.7. The lowest BCUT2D eigenvalue weighted by Crippen LogP contribution is -2.15. The van der Waals surface area contributed by atoms with Crippen molar-refractivity contribution in [1.82, 2.24) is 4.98 Å². The zero-order valence-electron chi connectivity index (χ0n) is 14.7. The van der Waals surface area contributed by atoms with Crippen molar-refractivity contribution in [3.05, 3.63) is 70.9 Å². The Morgan fingerprint density at radius 1 is 1.11 bits per heavy atom. The third kappa shape index (κ3) is 3.93. The summed E-state index contributed by atoms with van der Waals surface area (Å²) in [4.78, 5) is 29.4. The van der Waals surface area contributed by atoms with Gasteiger partial charge in [-0.1, -0.05) is 54.2 Å². The van der Waals surface area contributed by atoms with E-state index in [2.05, 4.69) is 10.3 Å². The molecule has 1 heterocycles. The van der Waals surface area contributed by atoms with Crippen LogP contribution >= 0.6 is 11.3 Å². The van der Waals surface area contributed by atoms with Crippen molar-refractivity contribution in [2.75, 3.05) is 5.32 Å². The first-order chi connectivity index (χ1) is 12.9. The van der Waals surface area contributed by atoms with Gasteiger partial charge in [-0.25, -0.2) is 13.8 Å². The van der Waals surface area contributed by atoms with Gasteiger partial charge in [0.1, 0.15) is 22.9 Å². The number of carbonyl (C=O) groups is 2. The Hall–Kier alpha value is -2.93. The molecule has 0 saturated heterocycles. The molecule has 0 bridgehead atoms. The highest BCUT2D eigenvalue weighted by atomic mass is 32.1. The molecular formula is C20H16F2N2O2S. The lowest BCUT2D eigenvalue weighted by molar-refractivity contribution is 0.0981. The molecule has 0 aliphatic rings. The maximum absolute atomic E-state index is 13.8. The molecule has 27 heavy (non-hydrogen) atoms. The average Bonchev–Trinajstić information content (AvgIpc) is 3.04. The Balaban J connectivity index is 2.00. The Bertz CT molecular complexity index is 1010. The number of benzene rings is 2. The molecule has 0 atom stereocenters. The minimum Gasteiger partial charge on any atom is -0.298 e. The minimum atomic E-state index is -0.965. The van der Waals surface area contributed by atoms with Crippen molar-refractivity contribution in [3.63, 3.8) is 0 Å². The predicted octanol–water partition coefficient (Wildman–Crippen LogP) is 5.24. The maximum Gasteiger partial charge on any atom is 0.263 e. The highest BCUT2D eigenvalue weighted by Crippen LogP contribution is 2.34. The zero-order valence-corrected chi connectivity index (χ0v) is 15.5. The number of thiazole rings is 1. The van der Waals surface area contributed by atoms with Crippen LogP contribution in [0.2, 0.25) is 0 Å². The van der Waals surface area contributed by atoms with Crippen LogP contribution in [0, 0.1) is 18.6 Å². The molecule has 0 saturated carbocycles. The van der Waals surface area contributed by atoms with E-state index >= 15 is 0 Å². The van der Waals surface area contributed by atoms with Gasteiger partial charge in [0, 0.05) is 6.42 Å². The number of rotatable bonds is 5. The summed E-state index contributed by atoms with van der Waals surface area (Å²) in [6.45, 7) is 3.64. The molecule has 1 N–H and O–H groups in total. The van der Waals surface area contributed by atoms with Crippen LogP contribution in [0.1, 0.15) is 39.8 Å². The van der Waals surface area contributed by atoms with E-state index in [1.807, 2.05) is 31.2 Å². The standard InChI is InChI=1S/C20H16F2N2O2S/c1-3-15(25)17-18(12-7-4-6-11(2)10-12)27-20(23-17)24-19(26)16-13(21)8-5-9-14(16)22/h4-10H,3H2,1-2H3,(H,23,24,26). The molecule has 2 aromatic carbocycles. The number of aromatic nitrogens is 1. The summed E-state index contributed by atoms with van der Waals surface area (Å²) in [5.41, 5.74) is 1.35. The quantitative estimate of drug-likeness (QED) is 0.610. The van der Waals surface area contributed by atoms with Crippen molar-refractivity contribution < 1.29 is 18.4 Å². The molecule has 0 radical (unpaired) electrons. The second kappa shape index (κ2) is 7.75. The third-order valence-electron chi connectivity index (χ3n) is 3.90. The van der Waals surface area contributed by atoms with E-state index in [0.29, 0.717) is 4.88 Å². The maximum atomic E-state index is 13.8. The first kappa shape index (κ1) is 18.8. The fraction of sp³-hybridized carbons (Fsp3) is 0.150. The molecule has 0 aliphatic heterocycles. The van der Waals surface area contributed by atoms with Gasteiger partial charge in [-0.3, -0.25) is 14.9 Å². The molecule has 0 aliphatic carbocycles. The number of anilines is 1. The van der Waals surface area contributed by atoms with Gasteiger partial charge in [0.15, 0.2) is 10.9 Å². The zero-order chi connectivity index (χ0) is 19.6. The smallest absolute Gasteiger partial charge is 0.263 e. The molecule has 0 unspecified atom stereocenters. The van der Waals surface area contributed by atoms with Gasteiger partial charge in [0.2, 0.25) is 0 Å². The lowest BCUT2D eigenvalue weighted by Gasteiger charge is -2.04. The van der Waals surface area contributed by atoms with Crippen LogP contribution in [0.3, 0.4) is 0 Å². The van der Waals surface area contributed by atoms with E-state index in [1.165, 1.54) is 6.07 Å². The minimum absolute atomic E-state index is 0.107. The number of nitrogens with one attached hydrogen (secondary N) is 1. The number of ketones is 1. The number of hydrogen-bond acceptors (Lipinski definition) is 4. The van der Waals surface area contributed by atoms with Crippen molar-refractivity contribution in [3.8, 4) is 10.4 Å². The fourth-order valence-electron chi connectivity index (χ4n) is 2.59. The molecule has 3 aromatic rings. The first-order valence-electron chi connectivity index (χ1n) is 8.27. The molecule has 4 nitrogen and oxygen atoms in total. The number of carbonyl (C=O) groups excluding carboxylic acids is 2. The number of Topliss-reactive ketones (excluding diaryl/α,β-unsaturated/α-hetero) is 1. The molecule has 1 amide bonds. The van der Waals surface area contributed by atoms with Crippen LogP contribution in [0.25, 0.3) is 10.4 Å². The molecule has 7 heteroatoms. The van der Waals surface area contributed by atoms with Crippen LogP contribution < -0.4 is 5.32 Å². The SMILES string of the molecule is CCC(=O)c1nc(NC(=O)c2c(F)cccc2F)sc1-c1cccc(C)c1. The van der Waals surface area contributed by atoms with E-state index in [0.717, 1.165) is 34.6 Å². The predicted molar refractivity (Wildman–Crippen MR) is 101 cm³/mol. The van der Waals surface area contributed by atoms with Crippen LogP contribution in [0.5, 0.6) is 0 Å². The van der Waals surface area contributed by atoms with E-state index < -0.39 is 23.1 Å². The van der Waals surface area contributed by atoms with E-state index in [-0.39, 0.29) is 23.0 Å². The molecule has 138 valence electrons. The molecule has 0 spiro atoms. The summed E-state index contributed by atoms with van der Waals surface area (Å²) in [5.74, 6) is -3.06. The van der Waals surface area contributed by atoms with Gasteiger partial charge in [-0.05, 0) is 24.6 Å². The van der Waals surface area contributed by atoms with Crippen LogP contribution in [0.15, 0.2) is 42.5 Å². The molecule has 3 rings (SSSR count). The van der Waals surface area contributed by atoms with Crippen molar-refractivity contribution >= 4 is 28.2 Å². The van der Waals surface area contributed by atoms with E-state index in [4.69, 9.17) is 0 Å². The molecule has 0 fully saturated rings. The Labute approximate surface area is 158 Å². The first-order valence-corrected chi connectivity index (χ1v) is 9.08. The van der Waals surface area contributed by atoms with Gasteiger partial charge >= 0.3 is 0 Å². The lowest BCUT2D eigenvalue weighted by atomic mass is 10.1. The van der Waals surface area contributed by atoms with Gasteiger partial charge in [-0.2, -0.15) is 0 Å². The van der Waals surface area contributed by atoms with Gasteiger partial charge in [0.25, 0.3) is 5.91 Å². The van der Waals surface area contributed by atoms with Crippen LogP contribution in [-0.4, -0.2) is 16.7 Å². The highest BCUT2D eigenvalue weighted by Gasteiger charge is 2.22. The van der Waals surface area contributed by atoms with E-state index in [1.54, 1.807) is 6.92 Å². The number of halogens is 2. The Morgan fingerprint density at radius 2 is 1.78 bits per heavy atom. The summed E-state index contributed by atoms with van der Waals surface area (Å²) < 4.78 is 27.6. The highest BCUT2D eigenvalue weighted by molar-refractivity contribution is 7.19. The topological polar surface area (TPSA) is 59.1 Å². The van der Waals surface area contributed by atoms with Crippen molar-refractivity contribution in [2.24, 2.45) is 0 Å². The van der Waals surface area contributed by atoms with Crippen LogP contribution in [0.4, 0.5) is 13.9 Å². The summed E-state index contributed by atoms with van der Waals surface area (Å²) in [6.07, 6.45) is 0.248. The largest absolute Gasteiger partial charge is 0.298 e. The van der Waals surface area contributed by atoms with Crippen LogP contribution in [-0.2, 0) is 0 Å². The summed E-state index contributed by atoms with van der Waals surface area (Å²) in [5, 5.41) is 2.51. The van der Waals surface area contributed by atoms with Gasteiger partial charge < -0.3 is 0 Å². The Morgan fingerprint density at radius 3 is 2.41 bits per heavy atom. The second-order valence-corrected chi connectivity index (χ2v) is 6.89. The van der Waals surface area contributed by atoms with Gasteiger partial charge in [-0.15, -0.1) is 0 Å². The van der Waals surface area contributed by atoms with Crippen molar-refractivity contribution in [2.45, 2.75) is 20.3 Å². The molecular weight excluding hydrogens is 370 g/mol. The Kier molecular flexibility index (Phi) is 5.41. The summed E-state index contributed by atoms with van der Waals surface area (Å²) in [6, 6.07) is 10.7. The number of hydrogen-bond donors (Lipinski definition) is 1. The summed E-state index contributed by atoms with van der Waals surface area (Å²) in [7, 11) is 0. The number of aryl methyl sites for hydroxylation is 1. The monoisotopic (exact) mass is 386 g/mol. The summed E-state index contributed by atoms with van der Waals surface area (Å²) >= 11 is 1.09. The number of nitrogens with zero attached hydrogens (tertiary/aromatic N) is 1. The van der Waals surface area contributed by atoms with E-state index in [9.17, 15) is 18.4 Å².